The zero-order valence-electron chi connectivity index (χ0n) is 10.00. The van der Waals surface area contributed by atoms with E-state index in [0.29, 0.717) is 20.8 Å². The van der Waals surface area contributed by atoms with Crippen LogP contribution in [0.1, 0.15) is 23.2 Å². The number of hydrogen-bond acceptors (Lipinski definition) is 1. The average molecular weight is 379 g/mol. The van der Waals surface area contributed by atoms with Gasteiger partial charge in [0.15, 0.2) is 0 Å². The quantitative estimate of drug-likeness (QED) is 0.732. The largest absolute Gasteiger partial charge is 0.341 e. The van der Waals surface area contributed by atoms with Crippen LogP contribution in [0.25, 0.3) is 0 Å². The number of halogens is 3. The summed E-state index contributed by atoms with van der Waals surface area (Å²) in [6.45, 7) is 0.760. The standard InChI is InChI=1S/C13H14Br2FNO/c1-17(7-8-4-10(14)5-8)13(18)9-2-3-12(16)11(15)6-9/h2-3,6,8,10H,4-5,7H2,1H3. The number of carbonyl (C=O) groups excluding carboxylic acids is 1. The summed E-state index contributed by atoms with van der Waals surface area (Å²) in [4.78, 5) is 14.5. The molecule has 0 unspecified atom stereocenters. The number of carbonyl (C=O) groups is 1. The van der Waals surface area contributed by atoms with E-state index in [9.17, 15) is 9.18 Å². The van der Waals surface area contributed by atoms with Crippen molar-refractivity contribution in [3.63, 3.8) is 0 Å². The molecule has 2 rings (SSSR count). The Hall–Kier alpha value is -0.420. The highest BCUT2D eigenvalue weighted by molar-refractivity contribution is 9.10. The minimum absolute atomic E-state index is 0.0614. The van der Waals surface area contributed by atoms with Gasteiger partial charge in [0, 0.05) is 24.0 Å². The van der Waals surface area contributed by atoms with Crippen LogP contribution in [0.4, 0.5) is 4.39 Å². The molecule has 1 aromatic carbocycles. The topological polar surface area (TPSA) is 20.3 Å². The summed E-state index contributed by atoms with van der Waals surface area (Å²) in [5.41, 5.74) is 0.514. The number of alkyl halides is 1. The van der Waals surface area contributed by atoms with Crippen molar-refractivity contribution in [2.45, 2.75) is 17.7 Å². The van der Waals surface area contributed by atoms with Crippen LogP contribution in [0.5, 0.6) is 0 Å². The molecule has 98 valence electrons. The minimum atomic E-state index is -0.352. The molecule has 1 amide bonds. The maximum absolute atomic E-state index is 13.1. The van der Waals surface area contributed by atoms with Gasteiger partial charge in [0.25, 0.3) is 5.91 Å². The summed E-state index contributed by atoms with van der Waals surface area (Å²) >= 11 is 6.63. The van der Waals surface area contributed by atoms with E-state index < -0.39 is 0 Å². The molecule has 1 aliphatic rings. The second kappa shape index (κ2) is 5.70. The van der Waals surface area contributed by atoms with E-state index in [4.69, 9.17) is 0 Å². The van der Waals surface area contributed by atoms with E-state index >= 15 is 0 Å². The third-order valence-corrected chi connectivity index (χ3v) is 4.58. The van der Waals surface area contributed by atoms with Crippen LogP contribution in [0.15, 0.2) is 22.7 Å². The lowest BCUT2D eigenvalue weighted by Gasteiger charge is -2.34. The van der Waals surface area contributed by atoms with Gasteiger partial charge in [-0.2, -0.15) is 0 Å². The van der Waals surface area contributed by atoms with Gasteiger partial charge in [-0.1, -0.05) is 15.9 Å². The Kier molecular flexibility index (Phi) is 4.43. The molecule has 1 fully saturated rings. The fourth-order valence-electron chi connectivity index (χ4n) is 2.12. The first-order chi connectivity index (χ1) is 8.47. The fraction of sp³-hybridized carbons (Fsp3) is 0.462. The van der Waals surface area contributed by atoms with Crippen molar-refractivity contribution in [2.75, 3.05) is 13.6 Å². The molecule has 0 aliphatic heterocycles. The fourth-order valence-corrected chi connectivity index (χ4v) is 3.56. The average Bonchev–Trinajstić information content (AvgIpc) is 2.29. The Bertz CT molecular complexity index is 460. The van der Waals surface area contributed by atoms with E-state index in [1.165, 1.54) is 18.2 Å². The van der Waals surface area contributed by atoms with Crippen LogP contribution >= 0.6 is 31.9 Å². The number of nitrogens with zero attached hydrogens (tertiary/aromatic N) is 1. The number of benzene rings is 1. The predicted octanol–water partition coefficient (Wildman–Crippen LogP) is 3.83. The summed E-state index contributed by atoms with van der Waals surface area (Å²) in [5.74, 6) is 0.163. The van der Waals surface area contributed by atoms with Crippen LogP contribution < -0.4 is 0 Å². The van der Waals surface area contributed by atoms with Crippen LogP contribution in [0.2, 0.25) is 0 Å². The monoisotopic (exact) mass is 377 g/mol. The molecular formula is C13H14Br2FNO. The molecule has 0 N–H and O–H groups in total. The molecule has 0 aromatic heterocycles. The lowest BCUT2D eigenvalue weighted by Crippen LogP contribution is -2.37. The second-order valence-electron chi connectivity index (χ2n) is 4.75. The predicted molar refractivity (Wildman–Crippen MR) is 76.5 cm³/mol. The lowest BCUT2D eigenvalue weighted by atomic mass is 9.85. The molecule has 0 saturated heterocycles. The molecule has 0 spiro atoms. The lowest BCUT2D eigenvalue weighted by molar-refractivity contribution is 0.0748. The molecule has 0 bridgehead atoms. The molecule has 2 nitrogen and oxygen atoms in total. The van der Waals surface area contributed by atoms with Gasteiger partial charge in [0.2, 0.25) is 0 Å². The molecule has 5 heteroatoms. The van der Waals surface area contributed by atoms with Crippen molar-refractivity contribution < 1.29 is 9.18 Å². The van der Waals surface area contributed by atoms with Crippen molar-refractivity contribution in [3.05, 3.63) is 34.1 Å². The second-order valence-corrected chi connectivity index (χ2v) is 6.90. The van der Waals surface area contributed by atoms with Crippen LogP contribution in [0.3, 0.4) is 0 Å². The summed E-state index contributed by atoms with van der Waals surface area (Å²) in [7, 11) is 1.79. The molecule has 0 radical (unpaired) electrons. The molecule has 1 aliphatic carbocycles. The molecule has 18 heavy (non-hydrogen) atoms. The first kappa shape index (κ1) is 14.0. The van der Waals surface area contributed by atoms with Crippen molar-refractivity contribution in [1.29, 1.82) is 0 Å². The highest BCUT2D eigenvalue weighted by atomic mass is 79.9. The Labute approximate surface area is 123 Å². The third kappa shape index (κ3) is 3.12. The van der Waals surface area contributed by atoms with Crippen LogP contribution in [-0.2, 0) is 0 Å². The highest BCUT2D eigenvalue weighted by Crippen LogP contribution is 2.33. The van der Waals surface area contributed by atoms with Crippen molar-refractivity contribution >= 4 is 37.8 Å². The van der Waals surface area contributed by atoms with Gasteiger partial charge in [-0.15, -0.1) is 0 Å². The zero-order valence-corrected chi connectivity index (χ0v) is 13.2. The number of hydrogen-bond donors (Lipinski definition) is 0. The first-order valence-corrected chi connectivity index (χ1v) is 7.53. The van der Waals surface area contributed by atoms with Gasteiger partial charge < -0.3 is 4.90 Å². The van der Waals surface area contributed by atoms with E-state index in [1.54, 1.807) is 11.9 Å². The van der Waals surface area contributed by atoms with E-state index in [0.717, 1.165) is 19.4 Å². The van der Waals surface area contributed by atoms with Crippen LogP contribution in [0, 0.1) is 11.7 Å². The van der Waals surface area contributed by atoms with Gasteiger partial charge in [-0.3, -0.25) is 4.79 Å². The molecular weight excluding hydrogens is 365 g/mol. The number of amides is 1. The van der Waals surface area contributed by atoms with Gasteiger partial charge in [-0.25, -0.2) is 4.39 Å². The van der Waals surface area contributed by atoms with Gasteiger partial charge in [0.05, 0.1) is 4.47 Å². The van der Waals surface area contributed by atoms with Gasteiger partial charge in [0.1, 0.15) is 5.82 Å². The molecule has 0 heterocycles. The smallest absolute Gasteiger partial charge is 0.253 e. The minimum Gasteiger partial charge on any atom is -0.341 e. The summed E-state index contributed by atoms with van der Waals surface area (Å²) in [6, 6.07) is 4.36. The van der Waals surface area contributed by atoms with Crippen LogP contribution in [-0.4, -0.2) is 29.2 Å². The highest BCUT2D eigenvalue weighted by Gasteiger charge is 2.29. The molecule has 1 aromatic rings. The normalized spacial score (nSPS) is 22.4. The number of rotatable bonds is 3. The zero-order chi connectivity index (χ0) is 13.3. The Morgan fingerprint density at radius 2 is 2.17 bits per heavy atom. The van der Waals surface area contributed by atoms with Crippen molar-refractivity contribution in [2.24, 2.45) is 5.92 Å². The van der Waals surface area contributed by atoms with Crippen molar-refractivity contribution in [3.8, 4) is 0 Å². The van der Waals surface area contributed by atoms with Crippen molar-refractivity contribution in [1.82, 2.24) is 4.90 Å². The third-order valence-electron chi connectivity index (χ3n) is 3.22. The maximum Gasteiger partial charge on any atom is 0.253 e. The Morgan fingerprint density at radius 3 is 2.72 bits per heavy atom. The van der Waals surface area contributed by atoms with E-state index in [-0.39, 0.29) is 11.7 Å². The van der Waals surface area contributed by atoms with Gasteiger partial charge in [-0.05, 0) is 52.9 Å². The summed E-state index contributed by atoms with van der Waals surface area (Å²) in [6.07, 6.45) is 2.23. The molecule has 0 atom stereocenters. The summed E-state index contributed by atoms with van der Waals surface area (Å²) < 4.78 is 13.4. The van der Waals surface area contributed by atoms with Gasteiger partial charge >= 0.3 is 0 Å². The SMILES string of the molecule is CN(CC1CC(Br)C1)C(=O)c1ccc(F)c(Br)c1. The Balaban J connectivity index is 1.99. The first-order valence-electron chi connectivity index (χ1n) is 5.82. The Morgan fingerprint density at radius 1 is 1.50 bits per heavy atom. The summed E-state index contributed by atoms with van der Waals surface area (Å²) in [5, 5.41) is 0. The van der Waals surface area contributed by atoms with E-state index in [1.807, 2.05) is 0 Å². The van der Waals surface area contributed by atoms with E-state index in [2.05, 4.69) is 31.9 Å². The maximum atomic E-state index is 13.1. The molecule has 1 saturated carbocycles.